The summed E-state index contributed by atoms with van der Waals surface area (Å²) in [6, 6.07) is 0.572. The second-order valence-electron chi connectivity index (χ2n) is 3.87. The Hall–Kier alpha value is -0.940. The molecule has 0 spiro atoms. The molecule has 0 bridgehead atoms. The van der Waals surface area contributed by atoms with Crippen molar-refractivity contribution in [2.45, 2.75) is 32.0 Å². The Balaban J connectivity index is 1.96. The van der Waals surface area contributed by atoms with Crippen LogP contribution in [0.5, 0.6) is 0 Å². The van der Waals surface area contributed by atoms with E-state index in [1.165, 1.54) is 19.4 Å². The van der Waals surface area contributed by atoms with Gasteiger partial charge < -0.3 is 10.0 Å². The van der Waals surface area contributed by atoms with E-state index in [1.54, 1.807) is 0 Å². The zero-order valence-electron chi connectivity index (χ0n) is 8.43. The molecule has 0 aromatic carbocycles. The highest BCUT2D eigenvalue weighted by Gasteiger charge is 2.21. The van der Waals surface area contributed by atoms with E-state index in [4.69, 9.17) is 5.11 Å². The molecule has 1 N–H and O–H groups in total. The summed E-state index contributed by atoms with van der Waals surface area (Å²) in [7, 11) is 2.14. The molecule has 1 fully saturated rings. The number of nitrogens with zero attached hydrogens (tertiary/aromatic N) is 4. The van der Waals surface area contributed by atoms with Crippen molar-refractivity contribution in [1.29, 1.82) is 0 Å². The van der Waals surface area contributed by atoms with Crippen LogP contribution in [0.25, 0.3) is 0 Å². The fourth-order valence-corrected chi connectivity index (χ4v) is 1.93. The summed E-state index contributed by atoms with van der Waals surface area (Å²) in [5, 5.41) is 16.6. The standard InChI is InChI=1S/C9H16N4O/c1-12-4-2-3-9(12)6-13-5-8(7-14)10-11-13/h5,9,14H,2-4,6-7H2,1H3/t9-/m0/s1. The number of rotatable bonds is 3. The van der Waals surface area contributed by atoms with Gasteiger partial charge >= 0.3 is 0 Å². The summed E-state index contributed by atoms with van der Waals surface area (Å²) in [5.74, 6) is 0. The SMILES string of the molecule is CN1CCC[C@H]1Cn1cc(CO)nn1. The molecule has 14 heavy (non-hydrogen) atoms. The number of aromatic nitrogens is 3. The van der Waals surface area contributed by atoms with E-state index in [0.717, 1.165) is 6.54 Å². The van der Waals surface area contributed by atoms with E-state index in [9.17, 15) is 0 Å². The van der Waals surface area contributed by atoms with Crippen LogP contribution < -0.4 is 0 Å². The van der Waals surface area contributed by atoms with E-state index >= 15 is 0 Å². The van der Waals surface area contributed by atoms with Gasteiger partial charge in [-0.25, -0.2) is 0 Å². The number of likely N-dealkylation sites (N-methyl/N-ethyl adjacent to an activating group) is 1. The molecule has 0 radical (unpaired) electrons. The second-order valence-corrected chi connectivity index (χ2v) is 3.87. The molecular weight excluding hydrogens is 180 g/mol. The first-order chi connectivity index (χ1) is 6.79. The molecule has 1 saturated heterocycles. The highest BCUT2D eigenvalue weighted by Crippen LogP contribution is 2.15. The lowest BCUT2D eigenvalue weighted by atomic mass is 10.2. The van der Waals surface area contributed by atoms with E-state index in [1.807, 2.05) is 10.9 Å². The molecule has 1 atom stereocenters. The van der Waals surface area contributed by atoms with Crippen LogP contribution in [0, 0.1) is 0 Å². The molecule has 78 valence electrons. The average molecular weight is 196 g/mol. The van der Waals surface area contributed by atoms with Gasteiger partial charge in [-0.2, -0.15) is 0 Å². The van der Waals surface area contributed by atoms with Crippen LogP contribution >= 0.6 is 0 Å². The molecule has 2 heterocycles. The van der Waals surface area contributed by atoms with Crippen molar-refractivity contribution in [2.24, 2.45) is 0 Å². The fourth-order valence-electron chi connectivity index (χ4n) is 1.93. The molecule has 1 aromatic heterocycles. The third-order valence-corrected chi connectivity index (χ3v) is 2.82. The lowest BCUT2D eigenvalue weighted by Gasteiger charge is -2.18. The van der Waals surface area contributed by atoms with Crippen molar-refractivity contribution >= 4 is 0 Å². The van der Waals surface area contributed by atoms with E-state index < -0.39 is 0 Å². The van der Waals surface area contributed by atoms with Crippen molar-refractivity contribution in [3.63, 3.8) is 0 Å². The average Bonchev–Trinajstić information content (AvgIpc) is 2.77. The van der Waals surface area contributed by atoms with Crippen molar-refractivity contribution in [2.75, 3.05) is 13.6 Å². The Kier molecular flexibility index (Phi) is 2.79. The molecule has 1 aliphatic heterocycles. The molecule has 0 aliphatic carbocycles. The van der Waals surface area contributed by atoms with Gasteiger partial charge in [0.25, 0.3) is 0 Å². The summed E-state index contributed by atoms with van der Waals surface area (Å²) >= 11 is 0. The zero-order chi connectivity index (χ0) is 9.97. The molecular formula is C9H16N4O. The predicted octanol–water partition coefficient (Wildman–Crippen LogP) is -0.135. The highest BCUT2D eigenvalue weighted by atomic mass is 16.3. The maximum atomic E-state index is 8.84. The van der Waals surface area contributed by atoms with Crippen molar-refractivity contribution in [1.82, 2.24) is 19.9 Å². The van der Waals surface area contributed by atoms with Gasteiger partial charge in [-0.05, 0) is 26.4 Å². The Labute approximate surface area is 83.3 Å². The highest BCUT2D eigenvalue weighted by molar-refractivity contribution is 4.90. The molecule has 0 saturated carbocycles. The van der Waals surface area contributed by atoms with Crippen LogP contribution in [0.1, 0.15) is 18.5 Å². The number of hydrogen-bond donors (Lipinski definition) is 1. The molecule has 1 aliphatic rings. The van der Waals surface area contributed by atoms with Crippen LogP contribution in [0.2, 0.25) is 0 Å². The minimum atomic E-state index is -0.0273. The molecule has 5 heteroatoms. The summed E-state index contributed by atoms with van der Waals surface area (Å²) in [6.45, 7) is 2.02. The zero-order valence-corrected chi connectivity index (χ0v) is 8.43. The minimum Gasteiger partial charge on any atom is -0.390 e. The Morgan fingerprint density at radius 1 is 1.64 bits per heavy atom. The topological polar surface area (TPSA) is 54.2 Å². The number of likely N-dealkylation sites (tertiary alicyclic amines) is 1. The minimum absolute atomic E-state index is 0.0273. The monoisotopic (exact) mass is 196 g/mol. The van der Waals surface area contributed by atoms with Gasteiger partial charge in [0, 0.05) is 6.04 Å². The van der Waals surface area contributed by atoms with Gasteiger partial charge in [-0.1, -0.05) is 5.21 Å². The predicted molar refractivity (Wildman–Crippen MR) is 51.6 cm³/mol. The first-order valence-corrected chi connectivity index (χ1v) is 4.99. The van der Waals surface area contributed by atoms with Gasteiger partial charge in [0.15, 0.2) is 0 Å². The van der Waals surface area contributed by atoms with Crippen molar-refractivity contribution in [3.8, 4) is 0 Å². The third-order valence-electron chi connectivity index (χ3n) is 2.82. The van der Waals surface area contributed by atoms with Gasteiger partial charge in [-0.15, -0.1) is 5.10 Å². The maximum Gasteiger partial charge on any atom is 0.108 e. The summed E-state index contributed by atoms with van der Waals surface area (Å²) in [4.78, 5) is 2.35. The van der Waals surface area contributed by atoms with Gasteiger partial charge in [0.2, 0.25) is 0 Å². The largest absolute Gasteiger partial charge is 0.390 e. The van der Waals surface area contributed by atoms with Gasteiger partial charge in [0.1, 0.15) is 5.69 Å². The van der Waals surface area contributed by atoms with Gasteiger partial charge in [-0.3, -0.25) is 4.68 Å². The normalized spacial score (nSPS) is 23.1. The number of hydrogen-bond acceptors (Lipinski definition) is 4. The second kappa shape index (κ2) is 4.06. The first kappa shape index (κ1) is 9.61. The van der Waals surface area contributed by atoms with E-state index in [-0.39, 0.29) is 6.61 Å². The smallest absolute Gasteiger partial charge is 0.108 e. The lowest BCUT2D eigenvalue weighted by Crippen LogP contribution is -2.29. The quantitative estimate of drug-likeness (QED) is 0.731. The third kappa shape index (κ3) is 1.93. The summed E-state index contributed by atoms with van der Waals surface area (Å²) in [6.07, 6.45) is 4.31. The molecule has 0 amide bonds. The summed E-state index contributed by atoms with van der Waals surface area (Å²) in [5.41, 5.74) is 0.644. The molecule has 1 aromatic rings. The Morgan fingerprint density at radius 3 is 3.07 bits per heavy atom. The Morgan fingerprint density at radius 2 is 2.50 bits per heavy atom. The molecule has 5 nitrogen and oxygen atoms in total. The van der Waals surface area contributed by atoms with Crippen LogP contribution in [0.4, 0.5) is 0 Å². The van der Waals surface area contributed by atoms with E-state index in [2.05, 4.69) is 22.3 Å². The van der Waals surface area contributed by atoms with Crippen LogP contribution in [0.3, 0.4) is 0 Å². The fraction of sp³-hybridized carbons (Fsp3) is 0.778. The Bertz CT molecular complexity index is 299. The first-order valence-electron chi connectivity index (χ1n) is 4.99. The maximum absolute atomic E-state index is 8.84. The van der Waals surface area contributed by atoms with Crippen LogP contribution in [-0.4, -0.2) is 44.6 Å². The van der Waals surface area contributed by atoms with Gasteiger partial charge in [0.05, 0.1) is 19.3 Å². The molecule has 2 rings (SSSR count). The van der Waals surface area contributed by atoms with Crippen LogP contribution in [0.15, 0.2) is 6.20 Å². The molecule has 0 unspecified atom stereocenters. The van der Waals surface area contributed by atoms with Crippen molar-refractivity contribution < 1.29 is 5.11 Å². The van der Waals surface area contributed by atoms with Crippen molar-refractivity contribution in [3.05, 3.63) is 11.9 Å². The lowest BCUT2D eigenvalue weighted by molar-refractivity contribution is 0.272. The number of aliphatic hydroxyl groups excluding tert-OH is 1. The van der Waals surface area contributed by atoms with E-state index in [0.29, 0.717) is 11.7 Å². The van der Waals surface area contributed by atoms with Crippen LogP contribution in [-0.2, 0) is 13.2 Å². The summed E-state index contributed by atoms with van der Waals surface area (Å²) < 4.78 is 1.82. The number of aliphatic hydroxyl groups is 1.